The van der Waals surface area contributed by atoms with Crippen LogP contribution < -0.4 is 11.3 Å². The summed E-state index contributed by atoms with van der Waals surface area (Å²) in [5, 5.41) is 0. The van der Waals surface area contributed by atoms with Crippen LogP contribution in [-0.2, 0) is 4.79 Å². The molecule has 0 saturated heterocycles. The Hall–Kier alpha value is -1.09. The van der Waals surface area contributed by atoms with Crippen LogP contribution in [0.4, 0.5) is 0 Å². The molecule has 0 spiro atoms. The first-order chi connectivity index (χ1) is 6.33. The summed E-state index contributed by atoms with van der Waals surface area (Å²) in [6.07, 6.45) is 11.2. The molecule has 0 aliphatic heterocycles. The topological polar surface area (TPSA) is 55.1 Å². The number of allylic oxidation sites excluding steroid dienone is 4. The van der Waals surface area contributed by atoms with Crippen molar-refractivity contribution in [2.24, 2.45) is 5.84 Å². The normalized spacial score (nSPS) is 15.3. The number of nitrogens with two attached hydrogens (primary N) is 1. The smallest absolute Gasteiger partial charge is 0.233 e. The van der Waals surface area contributed by atoms with Gasteiger partial charge >= 0.3 is 0 Å². The quantitative estimate of drug-likeness (QED) is 0.390. The molecule has 1 rings (SSSR count). The third kappa shape index (κ3) is 3.90. The minimum atomic E-state index is -0.0830. The van der Waals surface area contributed by atoms with E-state index in [1.807, 2.05) is 0 Å². The fourth-order valence-corrected chi connectivity index (χ4v) is 1.38. The Morgan fingerprint density at radius 1 is 1.54 bits per heavy atom. The van der Waals surface area contributed by atoms with Gasteiger partial charge in [0.2, 0.25) is 5.91 Å². The van der Waals surface area contributed by atoms with Crippen LogP contribution in [0, 0.1) is 0 Å². The second-order valence-corrected chi connectivity index (χ2v) is 3.18. The number of amides is 1. The van der Waals surface area contributed by atoms with Crippen molar-refractivity contribution in [3.8, 4) is 0 Å². The zero-order valence-electron chi connectivity index (χ0n) is 7.75. The van der Waals surface area contributed by atoms with Crippen LogP contribution in [-0.4, -0.2) is 5.91 Å². The molecule has 1 aliphatic carbocycles. The van der Waals surface area contributed by atoms with Gasteiger partial charge < -0.3 is 0 Å². The van der Waals surface area contributed by atoms with E-state index in [1.54, 1.807) is 0 Å². The van der Waals surface area contributed by atoms with E-state index in [4.69, 9.17) is 5.84 Å². The molecule has 0 bridgehead atoms. The average Bonchev–Trinajstić information content (AvgIpc) is 2.19. The van der Waals surface area contributed by atoms with E-state index in [-0.39, 0.29) is 5.91 Å². The largest absolute Gasteiger partial charge is 0.294 e. The van der Waals surface area contributed by atoms with Crippen LogP contribution in [0.25, 0.3) is 0 Å². The van der Waals surface area contributed by atoms with E-state index in [1.165, 1.54) is 5.57 Å². The molecule has 1 amide bonds. The molecule has 0 aromatic carbocycles. The average molecular weight is 180 g/mol. The monoisotopic (exact) mass is 180 g/mol. The summed E-state index contributed by atoms with van der Waals surface area (Å²) in [4.78, 5) is 10.8. The maximum Gasteiger partial charge on any atom is 0.233 e. The summed E-state index contributed by atoms with van der Waals surface area (Å²) < 4.78 is 0. The molecule has 3 heteroatoms. The van der Waals surface area contributed by atoms with Crippen LogP contribution in [0.5, 0.6) is 0 Å². The number of carbonyl (C=O) groups excluding carboxylic acids is 1. The van der Waals surface area contributed by atoms with E-state index in [9.17, 15) is 4.79 Å². The van der Waals surface area contributed by atoms with Crippen molar-refractivity contribution in [2.45, 2.75) is 32.1 Å². The molecule has 3 N–H and O–H groups in total. The molecular formula is C10H16N2O. The molecule has 72 valence electrons. The zero-order valence-corrected chi connectivity index (χ0v) is 7.75. The fraction of sp³-hybridized carbons (Fsp3) is 0.500. The number of hydrogen-bond acceptors (Lipinski definition) is 2. The molecule has 13 heavy (non-hydrogen) atoms. The summed E-state index contributed by atoms with van der Waals surface area (Å²) in [6, 6.07) is 0. The maximum atomic E-state index is 10.8. The lowest BCUT2D eigenvalue weighted by atomic mass is 10.0. The number of nitrogens with one attached hydrogen (secondary N) is 1. The maximum absolute atomic E-state index is 10.8. The van der Waals surface area contributed by atoms with Gasteiger partial charge in [-0.2, -0.15) is 0 Å². The number of hydrazine groups is 1. The molecule has 0 radical (unpaired) electrons. The minimum Gasteiger partial charge on any atom is -0.294 e. The summed E-state index contributed by atoms with van der Waals surface area (Å²) in [5.74, 6) is 4.88. The van der Waals surface area contributed by atoms with Crippen LogP contribution in [0.15, 0.2) is 23.8 Å². The first-order valence-electron chi connectivity index (χ1n) is 4.68. The third-order valence-corrected chi connectivity index (χ3v) is 2.10. The van der Waals surface area contributed by atoms with E-state index >= 15 is 0 Å². The van der Waals surface area contributed by atoms with Gasteiger partial charge in [0.1, 0.15) is 0 Å². The SMILES string of the molecule is NNC(=O)CCCC1=CCCC=C1. The predicted octanol–water partition coefficient (Wildman–Crippen LogP) is 1.42. The number of carbonyl (C=O) groups is 1. The Morgan fingerprint density at radius 2 is 2.38 bits per heavy atom. The van der Waals surface area contributed by atoms with Crippen LogP contribution in [0.1, 0.15) is 32.1 Å². The standard InChI is InChI=1S/C10H16N2O/c11-12-10(13)8-4-7-9-5-2-1-3-6-9/h2,5-6H,1,3-4,7-8,11H2,(H,12,13). The Kier molecular flexibility index (Phi) is 4.26. The van der Waals surface area contributed by atoms with Gasteiger partial charge in [-0.05, 0) is 25.7 Å². The summed E-state index contributed by atoms with van der Waals surface area (Å²) in [7, 11) is 0. The lowest BCUT2D eigenvalue weighted by Gasteiger charge is -2.05. The highest BCUT2D eigenvalue weighted by molar-refractivity contribution is 5.75. The highest BCUT2D eigenvalue weighted by atomic mass is 16.2. The van der Waals surface area contributed by atoms with E-state index in [0.29, 0.717) is 6.42 Å². The molecule has 3 nitrogen and oxygen atoms in total. The number of rotatable bonds is 4. The second-order valence-electron chi connectivity index (χ2n) is 3.18. The van der Waals surface area contributed by atoms with Gasteiger partial charge in [-0.1, -0.05) is 23.8 Å². The first kappa shape index (κ1) is 9.99. The molecule has 0 saturated carbocycles. The van der Waals surface area contributed by atoms with Gasteiger partial charge in [-0.25, -0.2) is 5.84 Å². The summed E-state index contributed by atoms with van der Waals surface area (Å²) in [5.41, 5.74) is 3.47. The van der Waals surface area contributed by atoms with Crippen molar-refractivity contribution < 1.29 is 4.79 Å². The van der Waals surface area contributed by atoms with Crippen molar-refractivity contribution >= 4 is 5.91 Å². The van der Waals surface area contributed by atoms with Gasteiger partial charge in [0.25, 0.3) is 0 Å². The van der Waals surface area contributed by atoms with E-state index < -0.39 is 0 Å². The van der Waals surface area contributed by atoms with Crippen molar-refractivity contribution in [2.75, 3.05) is 0 Å². The lowest BCUT2D eigenvalue weighted by molar-refractivity contribution is -0.121. The highest BCUT2D eigenvalue weighted by Gasteiger charge is 2.00. The molecule has 0 fully saturated rings. The first-order valence-corrected chi connectivity index (χ1v) is 4.68. The minimum absolute atomic E-state index is 0.0830. The van der Waals surface area contributed by atoms with Crippen molar-refractivity contribution in [1.82, 2.24) is 5.43 Å². The molecule has 0 aromatic heterocycles. The van der Waals surface area contributed by atoms with Gasteiger partial charge in [0.15, 0.2) is 0 Å². The summed E-state index contributed by atoms with van der Waals surface area (Å²) >= 11 is 0. The van der Waals surface area contributed by atoms with Gasteiger partial charge in [0, 0.05) is 6.42 Å². The number of hydrogen-bond donors (Lipinski definition) is 2. The van der Waals surface area contributed by atoms with Crippen LogP contribution in [0.2, 0.25) is 0 Å². The molecule has 0 aromatic rings. The van der Waals surface area contributed by atoms with E-state index in [2.05, 4.69) is 23.7 Å². The van der Waals surface area contributed by atoms with Gasteiger partial charge in [0.05, 0.1) is 0 Å². The Labute approximate surface area is 78.7 Å². The molecule has 1 aliphatic rings. The second kappa shape index (κ2) is 5.54. The zero-order chi connectivity index (χ0) is 9.52. The van der Waals surface area contributed by atoms with Crippen LogP contribution >= 0.6 is 0 Å². The van der Waals surface area contributed by atoms with Gasteiger partial charge in [-0.15, -0.1) is 0 Å². The third-order valence-electron chi connectivity index (χ3n) is 2.10. The molecule has 0 atom stereocenters. The fourth-order valence-electron chi connectivity index (χ4n) is 1.38. The molecule has 0 heterocycles. The molecule has 0 unspecified atom stereocenters. The van der Waals surface area contributed by atoms with Crippen LogP contribution in [0.3, 0.4) is 0 Å². The van der Waals surface area contributed by atoms with Gasteiger partial charge in [-0.3, -0.25) is 10.2 Å². The predicted molar refractivity (Wildman–Crippen MR) is 52.6 cm³/mol. The van der Waals surface area contributed by atoms with Crippen molar-refractivity contribution in [3.63, 3.8) is 0 Å². The lowest BCUT2D eigenvalue weighted by Crippen LogP contribution is -2.29. The Bertz CT molecular complexity index is 231. The Balaban J connectivity index is 2.15. The Morgan fingerprint density at radius 3 is 3.00 bits per heavy atom. The van der Waals surface area contributed by atoms with Crippen molar-refractivity contribution in [3.05, 3.63) is 23.8 Å². The van der Waals surface area contributed by atoms with E-state index in [0.717, 1.165) is 25.7 Å². The van der Waals surface area contributed by atoms with Crippen molar-refractivity contribution in [1.29, 1.82) is 0 Å². The molecular weight excluding hydrogens is 164 g/mol. The highest BCUT2D eigenvalue weighted by Crippen LogP contribution is 2.15. The summed E-state index contributed by atoms with van der Waals surface area (Å²) in [6.45, 7) is 0.